The first kappa shape index (κ1) is 14.2. The Morgan fingerprint density at radius 1 is 1.38 bits per heavy atom. The average molecular weight is 284 g/mol. The summed E-state index contributed by atoms with van der Waals surface area (Å²) >= 11 is 0. The fraction of sp³-hybridized carbons (Fsp3) is 0.154. The van der Waals surface area contributed by atoms with E-state index in [0.717, 1.165) is 0 Å². The van der Waals surface area contributed by atoms with Gasteiger partial charge in [0.05, 0.1) is 5.69 Å². The zero-order chi connectivity index (χ0) is 15.6. The molecule has 0 saturated heterocycles. The monoisotopic (exact) mass is 284 g/mol. The van der Waals surface area contributed by atoms with Gasteiger partial charge in [0, 0.05) is 23.4 Å². The standard InChI is InChI=1S/C13H12N6O2/c1-6-9(10(15)11(16)12(17-6)19-21)4-8-3-2-7(5-14)13(20)18-8/h2-3H,4,16H2,1H3,(H2,15,17)(H,18,20). The summed E-state index contributed by atoms with van der Waals surface area (Å²) in [6, 6.07) is 4.83. The van der Waals surface area contributed by atoms with Gasteiger partial charge in [0.15, 0.2) is 0 Å². The Balaban J connectivity index is 2.48. The minimum Gasteiger partial charge on any atom is -0.397 e. The minimum atomic E-state index is -0.474. The van der Waals surface area contributed by atoms with Crippen molar-refractivity contribution >= 4 is 17.2 Å². The number of anilines is 2. The highest BCUT2D eigenvalue weighted by Crippen LogP contribution is 2.31. The summed E-state index contributed by atoms with van der Waals surface area (Å²) < 4.78 is 0. The first-order valence-electron chi connectivity index (χ1n) is 5.98. The number of hydrogen-bond acceptors (Lipinski definition) is 7. The van der Waals surface area contributed by atoms with Crippen molar-refractivity contribution in [2.75, 3.05) is 11.5 Å². The van der Waals surface area contributed by atoms with E-state index < -0.39 is 5.56 Å². The maximum atomic E-state index is 11.6. The smallest absolute Gasteiger partial charge is 0.266 e. The van der Waals surface area contributed by atoms with Crippen molar-refractivity contribution in [2.45, 2.75) is 13.3 Å². The third-order valence-electron chi connectivity index (χ3n) is 3.11. The first-order chi connectivity index (χ1) is 9.97. The number of aromatic amines is 1. The van der Waals surface area contributed by atoms with Gasteiger partial charge < -0.3 is 16.5 Å². The summed E-state index contributed by atoms with van der Waals surface area (Å²) in [5.41, 5.74) is 13.0. The topological polar surface area (TPSA) is 151 Å². The van der Waals surface area contributed by atoms with Crippen LogP contribution in [0.25, 0.3) is 0 Å². The van der Waals surface area contributed by atoms with Crippen molar-refractivity contribution in [1.29, 1.82) is 5.26 Å². The Bertz CT molecular complexity index is 819. The fourth-order valence-corrected chi connectivity index (χ4v) is 1.95. The molecule has 0 saturated carbocycles. The Labute approximate surface area is 119 Å². The van der Waals surface area contributed by atoms with Crippen LogP contribution >= 0.6 is 0 Å². The number of nitriles is 1. The van der Waals surface area contributed by atoms with Crippen molar-refractivity contribution in [3.63, 3.8) is 0 Å². The van der Waals surface area contributed by atoms with Gasteiger partial charge in [-0.2, -0.15) is 5.26 Å². The number of nitrogen functional groups attached to an aromatic ring is 2. The van der Waals surface area contributed by atoms with Crippen molar-refractivity contribution in [2.24, 2.45) is 5.18 Å². The molecular weight excluding hydrogens is 272 g/mol. The largest absolute Gasteiger partial charge is 0.397 e. The molecule has 0 aliphatic carbocycles. The average Bonchev–Trinajstić information content (AvgIpc) is 2.47. The second-order valence-electron chi connectivity index (χ2n) is 4.43. The number of pyridine rings is 2. The van der Waals surface area contributed by atoms with Crippen LogP contribution in [0.5, 0.6) is 0 Å². The third kappa shape index (κ3) is 2.57. The van der Waals surface area contributed by atoms with E-state index >= 15 is 0 Å². The highest BCUT2D eigenvalue weighted by atomic mass is 16.3. The molecule has 21 heavy (non-hydrogen) atoms. The highest BCUT2D eigenvalue weighted by Gasteiger charge is 2.15. The van der Waals surface area contributed by atoms with Gasteiger partial charge in [-0.25, -0.2) is 4.98 Å². The summed E-state index contributed by atoms with van der Waals surface area (Å²) in [4.78, 5) is 28.7. The normalized spacial score (nSPS) is 10.1. The molecule has 0 radical (unpaired) electrons. The zero-order valence-corrected chi connectivity index (χ0v) is 11.2. The first-order valence-corrected chi connectivity index (χ1v) is 5.98. The van der Waals surface area contributed by atoms with E-state index in [-0.39, 0.29) is 29.2 Å². The Hall–Kier alpha value is -3.21. The zero-order valence-electron chi connectivity index (χ0n) is 11.2. The maximum Gasteiger partial charge on any atom is 0.266 e. The van der Waals surface area contributed by atoms with Gasteiger partial charge in [-0.1, -0.05) is 0 Å². The second kappa shape index (κ2) is 5.42. The lowest BCUT2D eigenvalue weighted by Gasteiger charge is -2.12. The van der Waals surface area contributed by atoms with Crippen LogP contribution in [0.15, 0.2) is 22.1 Å². The summed E-state index contributed by atoms with van der Waals surface area (Å²) in [5, 5.41) is 11.4. The van der Waals surface area contributed by atoms with Crippen LogP contribution in [0.2, 0.25) is 0 Å². The molecular formula is C13H12N6O2. The van der Waals surface area contributed by atoms with Crippen LogP contribution in [0.4, 0.5) is 17.2 Å². The lowest BCUT2D eigenvalue weighted by atomic mass is 10.0. The molecule has 0 bridgehead atoms. The molecule has 2 rings (SSSR count). The van der Waals surface area contributed by atoms with E-state index in [4.69, 9.17) is 16.7 Å². The van der Waals surface area contributed by atoms with Crippen LogP contribution in [-0.4, -0.2) is 9.97 Å². The van der Waals surface area contributed by atoms with Crippen LogP contribution in [0.3, 0.4) is 0 Å². The van der Waals surface area contributed by atoms with Crippen LogP contribution < -0.4 is 17.0 Å². The lowest BCUT2D eigenvalue weighted by molar-refractivity contribution is 1.01. The minimum absolute atomic E-state index is 0.0154. The molecule has 0 spiro atoms. The summed E-state index contributed by atoms with van der Waals surface area (Å²) in [6.45, 7) is 1.67. The molecule has 8 heteroatoms. The Kier molecular flexibility index (Phi) is 3.67. The molecule has 2 aromatic heterocycles. The quantitative estimate of drug-likeness (QED) is 0.718. The maximum absolute atomic E-state index is 11.6. The van der Waals surface area contributed by atoms with Crippen molar-refractivity contribution < 1.29 is 0 Å². The molecule has 106 valence electrons. The highest BCUT2D eigenvalue weighted by molar-refractivity contribution is 5.77. The third-order valence-corrected chi connectivity index (χ3v) is 3.11. The van der Waals surface area contributed by atoms with Gasteiger partial charge in [0.1, 0.15) is 17.3 Å². The molecule has 0 amide bonds. The molecule has 0 aliphatic heterocycles. The molecule has 0 atom stereocenters. The predicted octanol–water partition coefficient (Wildman–Crippen LogP) is 1.10. The summed E-state index contributed by atoms with van der Waals surface area (Å²) in [5.74, 6) is -0.151. The second-order valence-corrected chi connectivity index (χ2v) is 4.43. The number of rotatable bonds is 3. The number of nitrogens with two attached hydrogens (primary N) is 2. The van der Waals surface area contributed by atoms with Gasteiger partial charge in [-0.15, -0.1) is 4.91 Å². The summed E-state index contributed by atoms with van der Waals surface area (Å²) in [7, 11) is 0. The lowest BCUT2D eigenvalue weighted by Crippen LogP contribution is -2.13. The number of aryl methyl sites for hydroxylation is 1. The van der Waals surface area contributed by atoms with Gasteiger partial charge in [0.2, 0.25) is 5.82 Å². The van der Waals surface area contributed by atoms with Crippen molar-refractivity contribution in [3.8, 4) is 6.07 Å². The van der Waals surface area contributed by atoms with E-state index in [1.165, 1.54) is 6.07 Å². The number of nitrogens with zero attached hydrogens (tertiary/aromatic N) is 3. The molecule has 0 unspecified atom stereocenters. The molecule has 5 N–H and O–H groups in total. The molecule has 0 fully saturated rings. The number of H-pyrrole nitrogens is 1. The van der Waals surface area contributed by atoms with Crippen molar-refractivity contribution in [3.05, 3.63) is 49.9 Å². The van der Waals surface area contributed by atoms with E-state index in [2.05, 4.69) is 15.1 Å². The van der Waals surface area contributed by atoms with Gasteiger partial charge in [-0.3, -0.25) is 4.79 Å². The molecule has 8 nitrogen and oxygen atoms in total. The van der Waals surface area contributed by atoms with Crippen LogP contribution in [0, 0.1) is 23.2 Å². The number of hydrogen-bond donors (Lipinski definition) is 3. The number of aromatic nitrogens is 2. The molecule has 0 aromatic carbocycles. The van der Waals surface area contributed by atoms with Crippen molar-refractivity contribution in [1.82, 2.24) is 9.97 Å². The Morgan fingerprint density at radius 3 is 2.67 bits per heavy atom. The number of nitroso groups, excluding NO2 is 1. The fourth-order valence-electron chi connectivity index (χ4n) is 1.95. The summed E-state index contributed by atoms with van der Waals surface area (Å²) in [6.07, 6.45) is 0.273. The SMILES string of the molecule is Cc1nc(N=O)c(N)c(N)c1Cc1ccc(C#N)c(=O)[nH]1. The molecule has 2 aromatic rings. The Morgan fingerprint density at radius 2 is 2.10 bits per heavy atom. The van der Waals surface area contributed by atoms with Gasteiger partial charge in [-0.05, 0) is 24.2 Å². The predicted molar refractivity (Wildman–Crippen MR) is 77.8 cm³/mol. The molecule has 0 aliphatic rings. The van der Waals surface area contributed by atoms with E-state index in [0.29, 0.717) is 17.0 Å². The van der Waals surface area contributed by atoms with E-state index in [1.54, 1.807) is 19.1 Å². The van der Waals surface area contributed by atoms with E-state index in [9.17, 15) is 9.70 Å². The van der Waals surface area contributed by atoms with Gasteiger partial charge >= 0.3 is 0 Å². The molecule has 2 heterocycles. The van der Waals surface area contributed by atoms with Crippen LogP contribution in [0.1, 0.15) is 22.5 Å². The number of nitrogens with one attached hydrogen (secondary N) is 1. The van der Waals surface area contributed by atoms with E-state index in [1.807, 2.05) is 0 Å². The van der Waals surface area contributed by atoms with Crippen LogP contribution in [-0.2, 0) is 6.42 Å². The van der Waals surface area contributed by atoms with Gasteiger partial charge in [0.25, 0.3) is 5.56 Å².